The zero-order chi connectivity index (χ0) is 17.4. The Bertz CT molecular complexity index is 856. The summed E-state index contributed by atoms with van der Waals surface area (Å²) in [5.41, 5.74) is -0.503. The van der Waals surface area contributed by atoms with E-state index in [0.717, 1.165) is 18.9 Å². The van der Waals surface area contributed by atoms with Crippen LogP contribution in [0.25, 0.3) is 10.9 Å². The molecule has 0 radical (unpaired) electrons. The number of ether oxygens (including phenoxy) is 1. The van der Waals surface area contributed by atoms with E-state index >= 15 is 0 Å². The predicted octanol–water partition coefficient (Wildman–Crippen LogP) is 2.11. The highest BCUT2D eigenvalue weighted by atomic mass is 19.1. The molecule has 1 aromatic heterocycles. The van der Waals surface area contributed by atoms with Crippen LogP contribution in [0.15, 0.2) is 23.1 Å². The number of likely N-dealkylation sites (N-methyl/N-ethyl adjacent to an activating group) is 1. The number of halogens is 1. The maximum absolute atomic E-state index is 14.3. The normalized spacial score (nSPS) is 14.3. The number of benzene rings is 1. The first kappa shape index (κ1) is 16.4. The van der Waals surface area contributed by atoms with Gasteiger partial charge in [0.25, 0.3) is 0 Å². The van der Waals surface area contributed by atoms with Crippen LogP contribution in [0.1, 0.15) is 29.2 Å². The Hall–Kier alpha value is -2.41. The first-order valence-electron chi connectivity index (χ1n) is 7.77. The van der Waals surface area contributed by atoms with E-state index in [9.17, 15) is 19.1 Å². The van der Waals surface area contributed by atoms with Crippen LogP contribution in [0, 0.1) is 5.82 Å². The van der Waals surface area contributed by atoms with Gasteiger partial charge in [-0.1, -0.05) is 0 Å². The molecule has 6 nitrogen and oxygen atoms in total. The lowest BCUT2D eigenvalue weighted by atomic mass is 10.1. The molecule has 1 N–H and O–H groups in total. The Morgan fingerprint density at radius 3 is 2.71 bits per heavy atom. The summed E-state index contributed by atoms with van der Waals surface area (Å²) in [6.07, 6.45) is 3.17. The summed E-state index contributed by atoms with van der Waals surface area (Å²) in [6.45, 7) is 0.946. The van der Waals surface area contributed by atoms with E-state index in [2.05, 4.69) is 0 Å². The zero-order valence-corrected chi connectivity index (χ0v) is 13.6. The lowest BCUT2D eigenvalue weighted by Crippen LogP contribution is -2.20. The quantitative estimate of drug-likeness (QED) is 0.876. The number of aromatic carboxylic acids is 1. The highest BCUT2D eigenvalue weighted by molar-refractivity contribution is 5.93. The number of hydrogen-bond donors (Lipinski definition) is 1. The average Bonchev–Trinajstić information content (AvgIpc) is 3.33. The first-order chi connectivity index (χ1) is 11.4. The van der Waals surface area contributed by atoms with Crippen LogP contribution in [-0.2, 0) is 0 Å². The number of pyridine rings is 1. The van der Waals surface area contributed by atoms with Crippen molar-refractivity contribution in [2.45, 2.75) is 18.9 Å². The molecule has 0 spiro atoms. The highest BCUT2D eigenvalue weighted by Crippen LogP contribution is 2.38. The lowest BCUT2D eigenvalue weighted by molar-refractivity contribution is 0.0695. The number of carboxylic acids is 1. The minimum Gasteiger partial charge on any atom is -0.489 e. The minimum absolute atomic E-state index is 0.0688. The predicted molar refractivity (Wildman–Crippen MR) is 87.4 cm³/mol. The summed E-state index contributed by atoms with van der Waals surface area (Å²) in [7, 11) is 3.77. The van der Waals surface area contributed by atoms with E-state index in [4.69, 9.17) is 4.74 Å². The fourth-order valence-corrected chi connectivity index (χ4v) is 2.61. The van der Waals surface area contributed by atoms with E-state index in [0.29, 0.717) is 18.7 Å². The zero-order valence-electron chi connectivity index (χ0n) is 13.6. The SMILES string of the molecule is CN(C)CCOc1cc2c(cc1F)c(=O)c(C(=O)O)cn2C1CC1. The molecule has 1 fully saturated rings. The van der Waals surface area contributed by atoms with Crippen molar-refractivity contribution in [1.29, 1.82) is 0 Å². The second-order valence-corrected chi connectivity index (χ2v) is 6.27. The van der Waals surface area contributed by atoms with Crippen LogP contribution in [0.2, 0.25) is 0 Å². The minimum atomic E-state index is -1.30. The molecule has 0 aliphatic heterocycles. The van der Waals surface area contributed by atoms with Crippen molar-refractivity contribution in [3.63, 3.8) is 0 Å². The van der Waals surface area contributed by atoms with Gasteiger partial charge in [-0.3, -0.25) is 4.79 Å². The van der Waals surface area contributed by atoms with Crippen molar-refractivity contribution in [3.8, 4) is 5.75 Å². The van der Waals surface area contributed by atoms with Gasteiger partial charge in [0.05, 0.1) is 5.52 Å². The molecule has 1 aromatic carbocycles. The Morgan fingerprint density at radius 1 is 1.42 bits per heavy atom. The molecule has 2 aromatic rings. The average molecular weight is 334 g/mol. The summed E-state index contributed by atoms with van der Waals surface area (Å²) in [5, 5.41) is 9.28. The van der Waals surface area contributed by atoms with Crippen molar-refractivity contribution >= 4 is 16.9 Å². The van der Waals surface area contributed by atoms with E-state index in [1.165, 1.54) is 12.3 Å². The first-order valence-corrected chi connectivity index (χ1v) is 7.77. The number of hydrogen-bond acceptors (Lipinski definition) is 4. The number of fused-ring (bicyclic) bond motifs is 1. The maximum atomic E-state index is 14.3. The monoisotopic (exact) mass is 334 g/mol. The molecule has 0 atom stereocenters. The molecule has 1 aliphatic rings. The van der Waals surface area contributed by atoms with Crippen LogP contribution in [0.3, 0.4) is 0 Å². The summed E-state index contributed by atoms with van der Waals surface area (Å²) >= 11 is 0. The van der Waals surface area contributed by atoms with Crippen molar-refractivity contribution in [2.75, 3.05) is 27.2 Å². The van der Waals surface area contributed by atoms with Gasteiger partial charge in [-0.05, 0) is 33.0 Å². The van der Waals surface area contributed by atoms with Gasteiger partial charge in [-0.25, -0.2) is 9.18 Å². The van der Waals surface area contributed by atoms with E-state index in [-0.39, 0.29) is 22.7 Å². The molecular weight excluding hydrogens is 315 g/mol. The number of aromatic nitrogens is 1. The maximum Gasteiger partial charge on any atom is 0.341 e. The third kappa shape index (κ3) is 3.12. The molecule has 128 valence electrons. The van der Waals surface area contributed by atoms with Crippen LogP contribution in [0.4, 0.5) is 4.39 Å². The topological polar surface area (TPSA) is 71.8 Å². The molecule has 0 unspecified atom stereocenters. The number of rotatable bonds is 6. The molecule has 0 amide bonds. The third-order valence-electron chi connectivity index (χ3n) is 4.05. The summed E-state index contributed by atoms with van der Waals surface area (Å²) in [4.78, 5) is 25.5. The number of carbonyl (C=O) groups is 1. The van der Waals surface area contributed by atoms with Crippen molar-refractivity contribution in [1.82, 2.24) is 9.47 Å². The molecule has 24 heavy (non-hydrogen) atoms. The standard InChI is InChI=1S/C17H19FN2O4/c1-19(2)5-6-24-15-8-14-11(7-13(15)18)16(21)12(17(22)23)9-20(14)10-3-4-10/h7-10H,3-6H2,1-2H3,(H,22,23). The van der Waals surface area contributed by atoms with E-state index in [1.807, 2.05) is 19.0 Å². The van der Waals surface area contributed by atoms with Gasteiger partial charge >= 0.3 is 5.97 Å². The largest absolute Gasteiger partial charge is 0.489 e. The molecule has 1 heterocycles. The van der Waals surface area contributed by atoms with Gasteiger partial charge in [0.1, 0.15) is 12.2 Å². The molecular formula is C17H19FN2O4. The van der Waals surface area contributed by atoms with Gasteiger partial charge in [-0.15, -0.1) is 0 Å². The van der Waals surface area contributed by atoms with Crippen LogP contribution >= 0.6 is 0 Å². The van der Waals surface area contributed by atoms with Crippen LogP contribution in [-0.4, -0.2) is 47.8 Å². The summed E-state index contributed by atoms with van der Waals surface area (Å²) in [5.74, 6) is -1.90. The van der Waals surface area contributed by atoms with Crippen molar-refractivity contribution < 1.29 is 19.0 Å². The van der Waals surface area contributed by atoms with Gasteiger partial charge in [0.2, 0.25) is 5.43 Å². The molecule has 0 saturated heterocycles. The van der Waals surface area contributed by atoms with E-state index in [1.54, 1.807) is 4.57 Å². The summed E-state index contributed by atoms with van der Waals surface area (Å²) in [6, 6.07) is 2.71. The second-order valence-electron chi connectivity index (χ2n) is 6.27. The smallest absolute Gasteiger partial charge is 0.341 e. The number of nitrogens with zero attached hydrogens (tertiary/aromatic N) is 2. The van der Waals surface area contributed by atoms with Crippen LogP contribution < -0.4 is 10.2 Å². The van der Waals surface area contributed by atoms with Crippen molar-refractivity contribution in [3.05, 3.63) is 39.9 Å². The fourth-order valence-electron chi connectivity index (χ4n) is 2.61. The Labute approximate surface area is 138 Å². The van der Waals surface area contributed by atoms with E-state index < -0.39 is 17.2 Å². The third-order valence-corrected chi connectivity index (χ3v) is 4.05. The lowest BCUT2D eigenvalue weighted by Gasteiger charge is -2.15. The second kappa shape index (κ2) is 6.24. The molecule has 1 aliphatic carbocycles. The molecule has 7 heteroatoms. The van der Waals surface area contributed by atoms with Crippen molar-refractivity contribution in [2.24, 2.45) is 0 Å². The molecule has 1 saturated carbocycles. The van der Waals surface area contributed by atoms with Gasteiger partial charge in [0.15, 0.2) is 11.6 Å². The summed E-state index contributed by atoms with van der Waals surface area (Å²) < 4.78 is 21.5. The number of carboxylic acid groups (broad SMARTS) is 1. The van der Waals surface area contributed by atoms with Gasteiger partial charge < -0.3 is 19.3 Å². The Morgan fingerprint density at radius 2 is 2.12 bits per heavy atom. The van der Waals surface area contributed by atoms with Gasteiger partial charge in [0, 0.05) is 30.2 Å². The Kier molecular flexibility index (Phi) is 4.28. The van der Waals surface area contributed by atoms with Gasteiger partial charge in [-0.2, -0.15) is 0 Å². The molecule has 0 bridgehead atoms. The van der Waals surface area contributed by atoms with Crippen LogP contribution in [0.5, 0.6) is 5.75 Å². The highest BCUT2D eigenvalue weighted by Gasteiger charge is 2.27. The molecule has 3 rings (SSSR count). The fraction of sp³-hybridized carbons (Fsp3) is 0.412. The Balaban J connectivity index is 2.11.